The first-order valence-corrected chi connectivity index (χ1v) is 4.94. The standard InChI is InChI=1S/C9H7N5S/c10-4-6-1-2-7(3-8(6)11)15-9-12-5-13-14-9/h1-3,5H,11H2,(H,12,13,14). The van der Waals surface area contributed by atoms with Gasteiger partial charge in [-0.25, -0.2) is 4.98 Å². The molecule has 0 bridgehead atoms. The summed E-state index contributed by atoms with van der Waals surface area (Å²) in [5, 5.41) is 15.9. The van der Waals surface area contributed by atoms with E-state index in [-0.39, 0.29) is 0 Å². The summed E-state index contributed by atoms with van der Waals surface area (Å²) in [5.74, 6) is 0. The van der Waals surface area contributed by atoms with Gasteiger partial charge in [-0.1, -0.05) is 11.8 Å². The van der Waals surface area contributed by atoms with Crippen molar-refractivity contribution >= 4 is 17.4 Å². The van der Waals surface area contributed by atoms with E-state index in [1.165, 1.54) is 18.1 Å². The molecule has 1 aromatic heterocycles. The summed E-state index contributed by atoms with van der Waals surface area (Å²) in [6, 6.07) is 7.26. The maximum absolute atomic E-state index is 8.70. The molecule has 1 aromatic carbocycles. The molecule has 6 heteroatoms. The monoisotopic (exact) mass is 217 g/mol. The van der Waals surface area contributed by atoms with Crippen LogP contribution in [0.5, 0.6) is 0 Å². The van der Waals surface area contributed by atoms with E-state index in [1.807, 2.05) is 12.1 Å². The normalized spacial score (nSPS) is 9.80. The molecule has 2 rings (SSSR count). The van der Waals surface area contributed by atoms with Crippen molar-refractivity contribution in [3.05, 3.63) is 30.1 Å². The van der Waals surface area contributed by atoms with Gasteiger partial charge in [0.05, 0.1) is 11.3 Å². The molecule has 2 aromatic rings. The van der Waals surface area contributed by atoms with Crippen LogP contribution < -0.4 is 5.73 Å². The Bertz CT molecular complexity index is 500. The summed E-state index contributed by atoms with van der Waals surface area (Å²) < 4.78 is 0. The van der Waals surface area contributed by atoms with Gasteiger partial charge in [-0.3, -0.25) is 5.10 Å². The Morgan fingerprint density at radius 2 is 2.33 bits per heavy atom. The topological polar surface area (TPSA) is 91.4 Å². The van der Waals surface area contributed by atoms with Gasteiger partial charge in [-0.15, -0.1) is 0 Å². The van der Waals surface area contributed by atoms with Crippen molar-refractivity contribution in [3.63, 3.8) is 0 Å². The fraction of sp³-hybridized carbons (Fsp3) is 0. The number of anilines is 1. The fourth-order valence-electron chi connectivity index (χ4n) is 1.06. The second-order valence-corrected chi connectivity index (χ2v) is 3.82. The number of nitrogens with one attached hydrogen (secondary N) is 1. The quantitative estimate of drug-likeness (QED) is 0.742. The average Bonchev–Trinajstić information content (AvgIpc) is 2.71. The predicted octanol–water partition coefficient (Wildman–Crippen LogP) is 1.41. The molecule has 0 atom stereocenters. The molecule has 0 amide bonds. The third-order valence-corrected chi connectivity index (χ3v) is 2.63. The first kappa shape index (κ1) is 9.55. The van der Waals surface area contributed by atoms with Crippen molar-refractivity contribution in [2.75, 3.05) is 5.73 Å². The molecule has 0 aliphatic rings. The zero-order valence-electron chi connectivity index (χ0n) is 7.64. The van der Waals surface area contributed by atoms with Crippen LogP contribution >= 0.6 is 11.8 Å². The van der Waals surface area contributed by atoms with Crippen molar-refractivity contribution in [3.8, 4) is 6.07 Å². The van der Waals surface area contributed by atoms with E-state index in [4.69, 9.17) is 11.0 Å². The molecule has 0 unspecified atom stereocenters. The molecule has 0 saturated heterocycles. The van der Waals surface area contributed by atoms with Gasteiger partial charge in [-0.05, 0) is 18.2 Å². The van der Waals surface area contributed by atoms with Crippen molar-refractivity contribution in [2.45, 2.75) is 10.1 Å². The average molecular weight is 217 g/mol. The molecule has 1 heterocycles. The molecule has 5 nitrogen and oxygen atoms in total. The molecular weight excluding hydrogens is 210 g/mol. The van der Waals surface area contributed by atoms with Gasteiger partial charge in [-0.2, -0.15) is 10.4 Å². The maximum Gasteiger partial charge on any atom is 0.188 e. The number of hydrogen-bond acceptors (Lipinski definition) is 5. The first-order chi connectivity index (χ1) is 7.29. The Morgan fingerprint density at radius 3 is 2.93 bits per heavy atom. The minimum atomic E-state index is 0.474. The van der Waals surface area contributed by atoms with Gasteiger partial charge in [0.25, 0.3) is 0 Å². The van der Waals surface area contributed by atoms with Crippen molar-refractivity contribution in [1.29, 1.82) is 5.26 Å². The molecule has 0 aliphatic heterocycles. The largest absolute Gasteiger partial charge is 0.398 e. The lowest BCUT2D eigenvalue weighted by Crippen LogP contribution is -1.90. The highest BCUT2D eigenvalue weighted by molar-refractivity contribution is 7.99. The summed E-state index contributed by atoms with van der Waals surface area (Å²) in [4.78, 5) is 4.89. The summed E-state index contributed by atoms with van der Waals surface area (Å²) in [6.07, 6.45) is 1.44. The van der Waals surface area contributed by atoms with E-state index >= 15 is 0 Å². The van der Waals surface area contributed by atoms with E-state index in [2.05, 4.69) is 15.2 Å². The SMILES string of the molecule is N#Cc1ccc(Sc2ncn[nH]2)cc1N. The smallest absolute Gasteiger partial charge is 0.188 e. The van der Waals surface area contributed by atoms with E-state index < -0.39 is 0 Å². The van der Waals surface area contributed by atoms with Gasteiger partial charge >= 0.3 is 0 Å². The Hall–Kier alpha value is -2.00. The number of hydrogen-bond donors (Lipinski definition) is 2. The molecule has 0 fully saturated rings. The molecule has 15 heavy (non-hydrogen) atoms. The molecule has 0 aliphatic carbocycles. The summed E-state index contributed by atoms with van der Waals surface area (Å²) in [5.41, 5.74) is 6.64. The second kappa shape index (κ2) is 4.02. The summed E-state index contributed by atoms with van der Waals surface area (Å²) >= 11 is 1.41. The number of aromatic nitrogens is 3. The molecular formula is C9H7N5S. The maximum atomic E-state index is 8.70. The number of nitrogen functional groups attached to an aromatic ring is 1. The molecule has 0 spiro atoms. The van der Waals surface area contributed by atoms with Crippen LogP contribution in [-0.4, -0.2) is 15.2 Å². The number of rotatable bonds is 2. The molecule has 74 valence electrons. The number of aromatic amines is 1. The highest BCUT2D eigenvalue weighted by atomic mass is 32.2. The number of nitrogens with two attached hydrogens (primary N) is 1. The zero-order chi connectivity index (χ0) is 10.7. The van der Waals surface area contributed by atoms with Crippen LogP contribution in [0, 0.1) is 11.3 Å². The highest BCUT2D eigenvalue weighted by Crippen LogP contribution is 2.26. The number of benzene rings is 1. The molecule has 0 saturated carbocycles. The van der Waals surface area contributed by atoms with Crippen LogP contribution in [0.25, 0.3) is 0 Å². The number of nitrogens with zero attached hydrogens (tertiary/aromatic N) is 3. The number of nitriles is 1. The fourth-order valence-corrected chi connectivity index (χ4v) is 1.80. The van der Waals surface area contributed by atoms with Crippen molar-refractivity contribution < 1.29 is 0 Å². The zero-order valence-corrected chi connectivity index (χ0v) is 8.45. The van der Waals surface area contributed by atoms with Gasteiger partial charge in [0, 0.05) is 4.90 Å². The third kappa shape index (κ3) is 2.08. The van der Waals surface area contributed by atoms with Gasteiger partial charge in [0.15, 0.2) is 5.16 Å². The highest BCUT2D eigenvalue weighted by Gasteiger charge is 2.03. The Balaban J connectivity index is 2.24. The van der Waals surface area contributed by atoms with Crippen LogP contribution in [0.2, 0.25) is 0 Å². The van der Waals surface area contributed by atoms with Crippen LogP contribution in [0.3, 0.4) is 0 Å². The van der Waals surface area contributed by atoms with Crippen molar-refractivity contribution in [1.82, 2.24) is 15.2 Å². The van der Waals surface area contributed by atoms with Crippen molar-refractivity contribution in [2.24, 2.45) is 0 Å². The lowest BCUT2D eigenvalue weighted by molar-refractivity contribution is 0.973. The molecule has 0 radical (unpaired) electrons. The van der Waals surface area contributed by atoms with E-state index in [9.17, 15) is 0 Å². The minimum absolute atomic E-state index is 0.474. The predicted molar refractivity (Wildman–Crippen MR) is 56.1 cm³/mol. The van der Waals surface area contributed by atoms with Crippen LogP contribution in [0.4, 0.5) is 5.69 Å². The van der Waals surface area contributed by atoms with Gasteiger partial charge in [0.1, 0.15) is 12.4 Å². The summed E-state index contributed by atoms with van der Waals surface area (Å²) in [7, 11) is 0. The molecule has 3 N–H and O–H groups in total. The first-order valence-electron chi connectivity index (χ1n) is 4.12. The Labute approximate surface area is 90.3 Å². The lowest BCUT2D eigenvalue weighted by atomic mass is 10.2. The Morgan fingerprint density at radius 1 is 1.47 bits per heavy atom. The third-order valence-electron chi connectivity index (χ3n) is 1.75. The second-order valence-electron chi connectivity index (χ2n) is 2.75. The number of H-pyrrole nitrogens is 1. The minimum Gasteiger partial charge on any atom is -0.398 e. The van der Waals surface area contributed by atoms with E-state index in [1.54, 1.807) is 12.1 Å². The Kier molecular flexibility index (Phi) is 2.56. The van der Waals surface area contributed by atoms with Crippen LogP contribution in [0.1, 0.15) is 5.56 Å². The van der Waals surface area contributed by atoms with Gasteiger partial charge < -0.3 is 5.73 Å². The van der Waals surface area contributed by atoms with Gasteiger partial charge in [0.2, 0.25) is 0 Å². The van der Waals surface area contributed by atoms with E-state index in [0.29, 0.717) is 16.4 Å². The lowest BCUT2D eigenvalue weighted by Gasteiger charge is -2.00. The van der Waals surface area contributed by atoms with Crippen LogP contribution in [-0.2, 0) is 0 Å². The summed E-state index contributed by atoms with van der Waals surface area (Å²) in [6.45, 7) is 0. The van der Waals surface area contributed by atoms with E-state index in [0.717, 1.165) is 4.90 Å². The van der Waals surface area contributed by atoms with Crippen LogP contribution in [0.15, 0.2) is 34.6 Å².